The van der Waals surface area contributed by atoms with E-state index in [9.17, 15) is 9.59 Å². The van der Waals surface area contributed by atoms with Crippen molar-refractivity contribution in [3.63, 3.8) is 0 Å². The van der Waals surface area contributed by atoms with Gasteiger partial charge in [-0.3, -0.25) is 14.3 Å². The molecule has 2 rings (SSSR count). The van der Waals surface area contributed by atoms with Gasteiger partial charge in [-0.25, -0.2) is 0 Å². The van der Waals surface area contributed by atoms with Crippen LogP contribution in [0.5, 0.6) is 0 Å². The Morgan fingerprint density at radius 3 is 2.65 bits per heavy atom. The minimum Gasteiger partial charge on any atom is -0.480 e. The maximum Gasteiger partial charge on any atom is 0.323 e. The molecular formula is C18H26ClN3O4. The van der Waals surface area contributed by atoms with Crippen LogP contribution in [-0.4, -0.2) is 57.5 Å². The molecule has 1 amide bonds. The topological polar surface area (TPSA) is 84.7 Å². The van der Waals surface area contributed by atoms with Crippen molar-refractivity contribution in [1.82, 2.24) is 14.7 Å². The monoisotopic (exact) mass is 383 g/mol. The highest BCUT2D eigenvalue weighted by Crippen LogP contribution is 2.23. The second-order valence-corrected chi connectivity index (χ2v) is 7.26. The van der Waals surface area contributed by atoms with Crippen LogP contribution in [0, 0.1) is 12.8 Å². The second-order valence-electron chi connectivity index (χ2n) is 6.90. The van der Waals surface area contributed by atoms with E-state index < -0.39 is 5.97 Å². The molecule has 0 aliphatic carbocycles. The summed E-state index contributed by atoms with van der Waals surface area (Å²) >= 11 is 6.38. The molecule has 26 heavy (non-hydrogen) atoms. The third-order valence-corrected chi connectivity index (χ3v) is 4.66. The first-order chi connectivity index (χ1) is 12.3. The lowest BCUT2D eigenvalue weighted by atomic mass is 10.1. The summed E-state index contributed by atoms with van der Waals surface area (Å²) in [6, 6.07) is -0.128. The number of carbonyl (C=O) groups excluding carboxylic acids is 1. The standard InChI is InChI=1S/C18H26ClN3O4/c1-12(2)10-22-18(19)15(13(3)20-22)4-5-16(23)21(11-17(24)25)14-6-8-26-9-7-14/h4-5,12,14H,6-11H2,1-3H3,(H,24,25). The molecule has 1 aromatic heterocycles. The Morgan fingerprint density at radius 2 is 2.08 bits per heavy atom. The number of amides is 1. The number of ether oxygens (including phenoxy) is 1. The number of carboxylic acids is 1. The lowest BCUT2D eigenvalue weighted by Crippen LogP contribution is -2.45. The second kappa shape index (κ2) is 9.19. The van der Waals surface area contributed by atoms with E-state index in [-0.39, 0.29) is 18.5 Å². The lowest BCUT2D eigenvalue weighted by molar-refractivity contribution is -0.145. The highest BCUT2D eigenvalue weighted by Gasteiger charge is 2.26. The molecule has 1 aliphatic rings. The number of aromatic nitrogens is 2. The Balaban J connectivity index is 2.17. The van der Waals surface area contributed by atoms with Crippen molar-refractivity contribution < 1.29 is 19.4 Å². The fourth-order valence-corrected chi connectivity index (χ4v) is 3.31. The number of hydrogen-bond acceptors (Lipinski definition) is 4. The van der Waals surface area contributed by atoms with Gasteiger partial charge in [0.15, 0.2) is 0 Å². The van der Waals surface area contributed by atoms with Gasteiger partial charge in [0.05, 0.1) is 5.69 Å². The zero-order valence-electron chi connectivity index (χ0n) is 15.4. The molecule has 0 spiro atoms. The number of carbonyl (C=O) groups is 2. The maximum atomic E-state index is 12.6. The molecule has 7 nitrogen and oxygen atoms in total. The summed E-state index contributed by atoms with van der Waals surface area (Å²) in [4.78, 5) is 25.2. The van der Waals surface area contributed by atoms with Gasteiger partial charge < -0.3 is 14.7 Å². The number of aliphatic carboxylic acids is 1. The summed E-state index contributed by atoms with van der Waals surface area (Å²) in [5.74, 6) is -0.978. The molecule has 144 valence electrons. The van der Waals surface area contributed by atoms with Crippen LogP contribution in [0.1, 0.15) is 37.9 Å². The molecule has 2 heterocycles. The summed E-state index contributed by atoms with van der Waals surface area (Å²) < 4.78 is 7.02. The van der Waals surface area contributed by atoms with E-state index in [1.807, 2.05) is 6.92 Å². The minimum absolute atomic E-state index is 0.128. The highest BCUT2D eigenvalue weighted by atomic mass is 35.5. The van der Waals surface area contributed by atoms with Crippen LogP contribution in [0.3, 0.4) is 0 Å². The van der Waals surface area contributed by atoms with Gasteiger partial charge in [0.25, 0.3) is 0 Å². The molecule has 0 bridgehead atoms. The van der Waals surface area contributed by atoms with Crippen molar-refractivity contribution in [2.24, 2.45) is 5.92 Å². The van der Waals surface area contributed by atoms with Gasteiger partial charge in [0.1, 0.15) is 11.7 Å². The summed E-state index contributed by atoms with van der Waals surface area (Å²) in [7, 11) is 0. The molecule has 1 N–H and O–H groups in total. The van der Waals surface area contributed by atoms with E-state index in [0.717, 1.165) is 5.69 Å². The van der Waals surface area contributed by atoms with Gasteiger partial charge in [-0.2, -0.15) is 5.10 Å². The Kier molecular flexibility index (Phi) is 7.23. The Hall–Kier alpha value is -1.86. The van der Waals surface area contributed by atoms with E-state index in [1.165, 1.54) is 11.0 Å². The first-order valence-corrected chi connectivity index (χ1v) is 9.18. The van der Waals surface area contributed by atoms with E-state index >= 15 is 0 Å². The summed E-state index contributed by atoms with van der Waals surface area (Å²) in [5, 5.41) is 14.0. The molecule has 1 aromatic rings. The average Bonchev–Trinajstić information content (AvgIpc) is 2.84. The number of nitrogens with zero attached hydrogens (tertiary/aromatic N) is 3. The average molecular weight is 384 g/mol. The number of aryl methyl sites for hydroxylation is 1. The van der Waals surface area contributed by atoms with Crippen LogP contribution in [0.4, 0.5) is 0 Å². The Bertz CT molecular complexity index is 678. The van der Waals surface area contributed by atoms with Crippen molar-refractivity contribution in [3.8, 4) is 0 Å². The molecule has 1 aliphatic heterocycles. The quantitative estimate of drug-likeness (QED) is 0.731. The molecule has 0 unspecified atom stereocenters. The van der Waals surface area contributed by atoms with Crippen LogP contribution in [-0.2, 0) is 20.9 Å². The number of hydrogen-bond donors (Lipinski definition) is 1. The first-order valence-electron chi connectivity index (χ1n) is 8.80. The zero-order chi connectivity index (χ0) is 19.3. The predicted octanol–water partition coefficient (Wildman–Crippen LogP) is 2.61. The summed E-state index contributed by atoms with van der Waals surface area (Å²) in [6.45, 7) is 7.41. The van der Waals surface area contributed by atoms with E-state index in [1.54, 1.807) is 10.8 Å². The van der Waals surface area contributed by atoms with Gasteiger partial charge in [0.2, 0.25) is 5.91 Å². The van der Waals surface area contributed by atoms with Gasteiger partial charge >= 0.3 is 5.97 Å². The molecule has 0 aromatic carbocycles. The SMILES string of the molecule is Cc1nn(CC(C)C)c(Cl)c1C=CC(=O)N(CC(=O)O)C1CCOCC1. The largest absolute Gasteiger partial charge is 0.480 e. The van der Waals surface area contributed by atoms with Crippen molar-refractivity contribution in [2.45, 2.75) is 46.2 Å². The van der Waals surface area contributed by atoms with E-state index in [0.29, 0.717) is 49.2 Å². The Labute approximate surface area is 158 Å². The van der Waals surface area contributed by atoms with Crippen molar-refractivity contribution in [1.29, 1.82) is 0 Å². The fraction of sp³-hybridized carbons (Fsp3) is 0.611. The third-order valence-electron chi connectivity index (χ3n) is 4.26. The highest BCUT2D eigenvalue weighted by molar-refractivity contribution is 6.31. The van der Waals surface area contributed by atoms with E-state index in [2.05, 4.69) is 18.9 Å². The molecule has 8 heteroatoms. The number of carboxylic acid groups (broad SMARTS) is 1. The molecular weight excluding hydrogens is 358 g/mol. The lowest BCUT2D eigenvalue weighted by Gasteiger charge is -2.32. The molecule has 1 fully saturated rings. The van der Waals surface area contributed by atoms with Crippen LogP contribution < -0.4 is 0 Å². The van der Waals surface area contributed by atoms with Crippen molar-refractivity contribution in [3.05, 3.63) is 22.5 Å². The smallest absolute Gasteiger partial charge is 0.323 e. The number of halogens is 1. The first kappa shape index (κ1) is 20.5. The van der Waals surface area contributed by atoms with Crippen LogP contribution >= 0.6 is 11.6 Å². The van der Waals surface area contributed by atoms with Crippen LogP contribution in [0.2, 0.25) is 5.15 Å². The number of rotatable bonds is 7. The zero-order valence-corrected chi connectivity index (χ0v) is 16.2. The van der Waals surface area contributed by atoms with E-state index in [4.69, 9.17) is 21.4 Å². The molecule has 1 saturated heterocycles. The van der Waals surface area contributed by atoms with Crippen molar-refractivity contribution >= 4 is 29.6 Å². The normalized spacial score (nSPS) is 15.7. The van der Waals surface area contributed by atoms with Gasteiger partial charge in [-0.1, -0.05) is 25.4 Å². The van der Waals surface area contributed by atoms with Crippen molar-refractivity contribution in [2.75, 3.05) is 19.8 Å². The molecule has 0 radical (unpaired) electrons. The van der Waals surface area contributed by atoms with Crippen LogP contribution in [0.25, 0.3) is 6.08 Å². The molecule has 0 saturated carbocycles. The van der Waals surface area contributed by atoms with Gasteiger partial charge in [-0.15, -0.1) is 0 Å². The van der Waals surface area contributed by atoms with Gasteiger partial charge in [0, 0.05) is 37.4 Å². The fourth-order valence-electron chi connectivity index (χ4n) is 3.00. The van der Waals surface area contributed by atoms with Crippen LogP contribution in [0.15, 0.2) is 6.08 Å². The van der Waals surface area contributed by atoms with Gasteiger partial charge in [-0.05, 0) is 31.8 Å². The summed E-state index contributed by atoms with van der Waals surface area (Å²) in [5.41, 5.74) is 1.42. The summed E-state index contributed by atoms with van der Waals surface area (Å²) in [6.07, 6.45) is 4.28. The predicted molar refractivity (Wildman–Crippen MR) is 99.0 cm³/mol. The minimum atomic E-state index is -1.03. The third kappa shape index (κ3) is 5.32. The maximum absolute atomic E-state index is 12.6. The molecule has 0 atom stereocenters. The Morgan fingerprint density at radius 1 is 1.42 bits per heavy atom.